The van der Waals surface area contributed by atoms with Crippen LogP contribution in [-0.4, -0.2) is 60.5 Å². The Bertz CT molecular complexity index is 512. The first-order valence-corrected chi connectivity index (χ1v) is 13.9. The number of nitrogens with one attached hydrogen (secondary N) is 1. The van der Waals surface area contributed by atoms with E-state index in [0.29, 0.717) is 6.42 Å². The molecule has 0 aliphatic carbocycles. The highest BCUT2D eigenvalue weighted by Crippen LogP contribution is 2.13. The van der Waals surface area contributed by atoms with Crippen molar-refractivity contribution < 1.29 is 34.1 Å². The molecule has 0 aromatic rings. The van der Waals surface area contributed by atoms with Gasteiger partial charge in [-0.3, -0.25) is 9.59 Å². The van der Waals surface area contributed by atoms with Gasteiger partial charge in [0.05, 0.1) is 26.4 Å². The molecule has 0 radical (unpaired) electrons. The van der Waals surface area contributed by atoms with Gasteiger partial charge in [-0.2, -0.15) is 0 Å². The average Bonchev–Trinajstić information content (AvgIpc) is 2.85. The SMILES string of the molecule is C1COCCO1.CCCCCCCCCCCCCCCCCC(=O)NC(CCC(=O)O)C(=O)O. The number of hydrogen-bond acceptors (Lipinski definition) is 5. The maximum absolute atomic E-state index is 11.8. The molecule has 8 heteroatoms. The molecule has 8 nitrogen and oxygen atoms in total. The van der Waals surface area contributed by atoms with Crippen molar-refractivity contribution in [3.8, 4) is 0 Å². The van der Waals surface area contributed by atoms with Crippen LogP contribution in [0.4, 0.5) is 0 Å². The Labute approximate surface area is 212 Å². The molecule has 206 valence electrons. The zero-order valence-electron chi connectivity index (χ0n) is 22.1. The number of aliphatic carboxylic acids is 2. The van der Waals surface area contributed by atoms with E-state index in [0.717, 1.165) is 45.7 Å². The minimum absolute atomic E-state index is 0.0880. The Morgan fingerprint density at radius 2 is 1.06 bits per heavy atom. The van der Waals surface area contributed by atoms with Gasteiger partial charge >= 0.3 is 11.9 Å². The van der Waals surface area contributed by atoms with Crippen LogP contribution >= 0.6 is 0 Å². The van der Waals surface area contributed by atoms with Crippen molar-refractivity contribution in [2.24, 2.45) is 0 Å². The van der Waals surface area contributed by atoms with Crippen molar-refractivity contribution in [1.29, 1.82) is 0 Å². The Balaban J connectivity index is 0.00000166. The smallest absolute Gasteiger partial charge is 0.326 e. The lowest BCUT2D eigenvalue weighted by Gasteiger charge is -2.13. The first-order valence-electron chi connectivity index (χ1n) is 13.9. The van der Waals surface area contributed by atoms with Gasteiger partial charge in [0.25, 0.3) is 0 Å². The van der Waals surface area contributed by atoms with Crippen molar-refractivity contribution in [3.05, 3.63) is 0 Å². The van der Waals surface area contributed by atoms with Crippen LogP contribution in [0.15, 0.2) is 0 Å². The van der Waals surface area contributed by atoms with E-state index >= 15 is 0 Å². The van der Waals surface area contributed by atoms with E-state index in [-0.39, 0.29) is 18.7 Å². The van der Waals surface area contributed by atoms with Gasteiger partial charge in [0.15, 0.2) is 0 Å². The van der Waals surface area contributed by atoms with Crippen LogP contribution in [0.2, 0.25) is 0 Å². The summed E-state index contributed by atoms with van der Waals surface area (Å²) in [5.41, 5.74) is 0. The molecule has 0 aromatic heterocycles. The number of amides is 1. The first kappa shape index (κ1) is 33.3. The number of rotatable bonds is 21. The molecule has 1 saturated heterocycles. The molecule has 0 aromatic carbocycles. The molecule has 0 spiro atoms. The molecule has 1 aliphatic heterocycles. The summed E-state index contributed by atoms with van der Waals surface area (Å²) in [7, 11) is 0. The van der Waals surface area contributed by atoms with Crippen LogP contribution < -0.4 is 5.32 Å². The quantitative estimate of drug-likeness (QED) is 0.172. The fraction of sp³-hybridized carbons (Fsp3) is 0.889. The molecule has 35 heavy (non-hydrogen) atoms. The lowest BCUT2D eigenvalue weighted by molar-refractivity contribution is -0.143. The predicted molar refractivity (Wildman–Crippen MR) is 138 cm³/mol. The first-order chi connectivity index (χ1) is 17.0. The molecule has 0 bridgehead atoms. The van der Waals surface area contributed by atoms with Gasteiger partial charge in [-0.1, -0.05) is 96.8 Å². The van der Waals surface area contributed by atoms with Crippen LogP contribution in [0.3, 0.4) is 0 Å². The van der Waals surface area contributed by atoms with Crippen molar-refractivity contribution in [2.45, 2.75) is 129 Å². The summed E-state index contributed by atoms with van der Waals surface area (Å²) in [5.74, 6) is -2.55. The lowest BCUT2D eigenvalue weighted by atomic mass is 10.0. The summed E-state index contributed by atoms with van der Waals surface area (Å²) in [5, 5.41) is 20.1. The average molecular weight is 502 g/mol. The number of carbonyl (C=O) groups is 3. The largest absolute Gasteiger partial charge is 0.481 e. The second kappa shape index (κ2) is 25.4. The second-order valence-electron chi connectivity index (χ2n) is 9.32. The molecule has 1 amide bonds. The molecule has 3 N–H and O–H groups in total. The highest BCUT2D eigenvalue weighted by atomic mass is 16.6. The Hall–Kier alpha value is -1.67. The Morgan fingerprint density at radius 1 is 0.657 bits per heavy atom. The topological polar surface area (TPSA) is 122 Å². The molecule has 0 saturated carbocycles. The Morgan fingerprint density at radius 3 is 1.40 bits per heavy atom. The molecule has 1 rings (SSSR count). The van der Waals surface area contributed by atoms with Gasteiger partial charge in [0.1, 0.15) is 6.04 Å². The molecule has 1 aliphatic rings. The van der Waals surface area contributed by atoms with Crippen molar-refractivity contribution in [2.75, 3.05) is 26.4 Å². The second-order valence-corrected chi connectivity index (χ2v) is 9.32. The number of carboxylic acids is 2. The zero-order valence-corrected chi connectivity index (χ0v) is 22.1. The van der Waals surface area contributed by atoms with E-state index in [2.05, 4.69) is 12.2 Å². The van der Waals surface area contributed by atoms with E-state index < -0.39 is 18.0 Å². The number of hydrogen-bond donors (Lipinski definition) is 3. The minimum Gasteiger partial charge on any atom is -0.481 e. The number of unbranched alkanes of at least 4 members (excludes halogenated alkanes) is 14. The summed E-state index contributed by atoms with van der Waals surface area (Å²) in [4.78, 5) is 33.4. The van der Waals surface area contributed by atoms with Crippen LogP contribution in [0, 0.1) is 0 Å². The molecule has 1 fully saturated rings. The van der Waals surface area contributed by atoms with Crippen LogP contribution in [-0.2, 0) is 23.9 Å². The molecule has 1 unspecified atom stereocenters. The number of carboxylic acid groups (broad SMARTS) is 2. The fourth-order valence-corrected chi connectivity index (χ4v) is 3.89. The highest BCUT2D eigenvalue weighted by molar-refractivity contribution is 5.83. The third-order valence-corrected chi connectivity index (χ3v) is 6.03. The maximum atomic E-state index is 11.8. The van der Waals surface area contributed by atoms with Crippen LogP contribution in [0.1, 0.15) is 122 Å². The van der Waals surface area contributed by atoms with Crippen LogP contribution in [0.5, 0.6) is 0 Å². The molecular formula is C27H51NO7. The van der Waals surface area contributed by atoms with Gasteiger partial charge in [-0.25, -0.2) is 4.79 Å². The van der Waals surface area contributed by atoms with Gasteiger partial charge in [-0.05, 0) is 12.8 Å². The van der Waals surface area contributed by atoms with Gasteiger partial charge in [-0.15, -0.1) is 0 Å². The zero-order chi connectivity index (χ0) is 26.0. The monoisotopic (exact) mass is 501 g/mol. The summed E-state index contributed by atoms with van der Waals surface area (Å²) in [6.45, 7) is 5.36. The van der Waals surface area contributed by atoms with Gasteiger partial charge in [0, 0.05) is 12.8 Å². The van der Waals surface area contributed by atoms with Gasteiger partial charge < -0.3 is 25.0 Å². The number of carbonyl (C=O) groups excluding carboxylic acids is 1. The van der Waals surface area contributed by atoms with E-state index in [1.54, 1.807) is 0 Å². The minimum atomic E-state index is -1.18. The molecule has 1 atom stereocenters. The van der Waals surface area contributed by atoms with E-state index in [4.69, 9.17) is 19.7 Å². The van der Waals surface area contributed by atoms with Crippen molar-refractivity contribution in [3.63, 3.8) is 0 Å². The highest BCUT2D eigenvalue weighted by Gasteiger charge is 2.20. The summed E-state index contributed by atoms with van der Waals surface area (Å²) < 4.78 is 9.89. The Kier molecular flexibility index (Phi) is 24.2. The standard InChI is InChI=1S/C23H43NO5.C4H8O2/c1-2-3-4-5-6-7-8-9-10-11-12-13-14-15-16-17-21(25)24-20(23(28)29)18-19-22(26)27;1-2-6-4-3-5-1/h20H,2-19H2,1H3,(H,24,25)(H,26,27)(H,28,29);1-4H2. The summed E-state index contributed by atoms with van der Waals surface area (Å²) in [6, 6.07) is -1.12. The maximum Gasteiger partial charge on any atom is 0.326 e. The van der Waals surface area contributed by atoms with Crippen molar-refractivity contribution in [1.82, 2.24) is 5.32 Å². The normalized spacial score (nSPS) is 14.0. The molecule has 1 heterocycles. The predicted octanol–water partition coefficient (Wildman–Crippen LogP) is 5.72. The number of ether oxygens (including phenoxy) is 2. The third-order valence-electron chi connectivity index (χ3n) is 6.03. The van der Waals surface area contributed by atoms with Gasteiger partial charge in [0.2, 0.25) is 5.91 Å². The van der Waals surface area contributed by atoms with Crippen LogP contribution in [0.25, 0.3) is 0 Å². The van der Waals surface area contributed by atoms with Crippen molar-refractivity contribution >= 4 is 17.8 Å². The van der Waals surface area contributed by atoms with E-state index in [1.165, 1.54) is 77.0 Å². The fourth-order valence-electron chi connectivity index (χ4n) is 3.89. The summed E-state index contributed by atoms with van der Waals surface area (Å²) in [6.07, 6.45) is 18.8. The third kappa shape index (κ3) is 25.2. The van der Waals surface area contributed by atoms with E-state index in [1.807, 2.05) is 0 Å². The lowest BCUT2D eigenvalue weighted by Crippen LogP contribution is -2.41. The molecular weight excluding hydrogens is 450 g/mol. The van der Waals surface area contributed by atoms with E-state index in [9.17, 15) is 14.4 Å². The summed E-state index contributed by atoms with van der Waals surface area (Å²) >= 11 is 0.